The fourth-order valence-corrected chi connectivity index (χ4v) is 2.69. The standard InChI is InChI=1S/C8H10ClN3OS/c9-6-4-14-8(11-6)12-3-1-2-5(12)7(10)13/h4-5H,1-3H2,(H2,10,13). The fraction of sp³-hybridized carbons (Fsp3) is 0.500. The molecule has 1 aliphatic rings. The van der Waals surface area contributed by atoms with Gasteiger partial charge in [0.25, 0.3) is 0 Å². The van der Waals surface area contributed by atoms with E-state index in [2.05, 4.69) is 4.98 Å². The van der Waals surface area contributed by atoms with Gasteiger partial charge in [-0.05, 0) is 12.8 Å². The maximum absolute atomic E-state index is 11.1. The predicted molar refractivity (Wildman–Crippen MR) is 56.7 cm³/mol. The SMILES string of the molecule is NC(=O)C1CCCN1c1nc(Cl)cs1. The van der Waals surface area contributed by atoms with E-state index in [0.717, 1.165) is 24.5 Å². The van der Waals surface area contributed by atoms with Crippen LogP contribution in [0.15, 0.2) is 5.38 Å². The number of hydrogen-bond acceptors (Lipinski definition) is 4. The predicted octanol–water partition coefficient (Wildman–Crippen LogP) is 1.25. The first-order valence-electron chi connectivity index (χ1n) is 4.35. The Morgan fingerprint density at radius 3 is 3.14 bits per heavy atom. The minimum Gasteiger partial charge on any atom is -0.368 e. The van der Waals surface area contributed by atoms with Gasteiger partial charge in [-0.3, -0.25) is 4.79 Å². The Morgan fingerprint density at radius 1 is 1.79 bits per heavy atom. The third kappa shape index (κ3) is 1.69. The van der Waals surface area contributed by atoms with E-state index in [9.17, 15) is 4.79 Å². The first-order valence-corrected chi connectivity index (χ1v) is 5.61. The zero-order valence-electron chi connectivity index (χ0n) is 7.44. The summed E-state index contributed by atoms with van der Waals surface area (Å²) in [7, 11) is 0. The summed E-state index contributed by atoms with van der Waals surface area (Å²) in [5, 5.41) is 3.02. The van der Waals surface area contributed by atoms with Gasteiger partial charge >= 0.3 is 0 Å². The van der Waals surface area contributed by atoms with Crippen LogP contribution < -0.4 is 10.6 Å². The highest BCUT2D eigenvalue weighted by Gasteiger charge is 2.30. The highest BCUT2D eigenvalue weighted by molar-refractivity contribution is 7.14. The zero-order valence-corrected chi connectivity index (χ0v) is 9.01. The minimum absolute atomic E-state index is 0.211. The van der Waals surface area contributed by atoms with Crippen LogP contribution >= 0.6 is 22.9 Å². The van der Waals surface area contributed by atoms with Crippen molar-refractivity contribution in [2.75, 3.05) is 11.4 Å². The van der Waals surface area contributed by atoms with E-state index in [1.54, 1.807) is 5.38 Å². The molecule has 0 spiro atoms. The van der Waals surface area contributed by atoms with Crippen LogP contribution in [0, 0.1) is 0 Å². The van der Waals surface area contributed by atoms with Crippen LogP contribution in [0.2, 0.25) is 5.15 Å². The smallest absolute Gasteiger partial charge is 0.240 e. The van der Waals surface area contributed by atoms with Crippen molar-refractivity contribution in [3.63, 3.8) is 0 Å². The largest absolute Gasteiger partial charge is 0.368 e. The summed E-state index contributed by atoms with van der Waals surface area (Å²) in [6, 6.07) is -0.211. The van der Waals surface area contributed by atoms with E-state index in [-0.39, 0.29) is 11.9 Å². The van der Waals surface area contributed by atoms with Gasteiger partial charge < -0.3 is 10.6 Å². The van der Waals surface area contributed by atoms with Gasteiger partial charge in [-0.2, -0.15) is 0 Å². The summed E-state index contributed by atoms with van der Waals surface area (Å²) >= 11 is 7.17. The second kappa shape index (κ2) is 3.74. The van der Waals surface area contributed by atoms with Crippen molar-refractivity contribution in [3.05, 3.63) is 10.5 Å². The van der Waals surface area contributed by atoms with Crippen molar-refractivity contribution in [1.29, 1.82) is 0 Å². The first kappa shape index (κ1) is 9.73. The number of primary amides is 1. The van der Waals surface area contributed by atoms with Crippen LogP contribution in [-0.2, 0) is 4.79 Å². The average molecular weight is 232 g/mol. The second-order valence-electron chi connectivity index (χ2n) is 3.21. The molecule has 6 heteroatoms. The van der Waals surface area contributed by atoms with Crippen molar-refractivity contribution in [1.82, 2.24) is 4.98 Å². The van der Waals surface area contributed by atoms with Gasteiger partial charge in [0.15, 0.2) is 5.13 Å². The Kier molecular flexibility index (Phi) is 2.60. The highest BCUT2D eigenvalue weighted by Crippen LogP contribution is 2.29. The molecular formula is C8H10ClN3OS. The molecule has 2 heterocycles. The molecule has 1 unspecified atom stereocenters. The van der Waals surface area contributed by atoms with Gasteiger partial charge in [-0.1, -0.05) is 11.6 Å². The summed E-state index contributed by atoms with van der Waals surface area (Å²) < 4.78 is 0. The average Bonchev–Trinajstić information content (AvgIpc) is 2.70. The lowest BCUT2D eigenvalue weighted by molar-refractivity contribution is -0.119. The fourth-order valence-electron chi connectivity index (χ4n) is 1.67. The van der Waals surface area contributed by atoms with E-state index in [1.165, 1.54) is 11.3 Å². The number of halogens is 1. The molecule has 1 amide bonds. The monoisotopic (exact) mass is 231 g/mol. The molecular weight excluding hydrogens is 222 g/mol. The minimum atomic E-state index is -0.283. The van der Waals surface area contributed by atoms with Gasteiger partial charge in [0, 0.05) is 11.9 Å². The van der Waals surface area contributed by atoms with E-state index < -0.39 is 0 Å². The maximum atomic E-state index is 11.1. The molecule has 1 aliphatic heterocycles. The maximum Gasteiger partial charge on any atom is 0.240 e. The highest BCUT2D eigenvalue weighted by atomic mass is 35.5. The summed E-state index contributed by atoms with van der Waals surface area (Å²) in [6.07, 6.45) is 1.79. The van der Waals surface area contributed by atoms with Gasteiger partial charge in [-0.25, -0.2) is 4.98 Å². The molecule has 76 valence electrons. The molecule has 1 aromatic rings. The van der Waals surface area contributed by atoms with Crippen molar-refractivity contribution in [3.8, 4) is 0 Å². The number of nitrogens with zero attached hydrogens (tertiary/aromatic N) is 2. The number of thiazole rings is 1. The van der Waals surface area contributed by atoms with E-state index in [4.69, 9.17) is 17.3 Å². The summed E-state index contributed by atoms with van der Waals surface area (Å²) in [6.45, 7) is 0.831. The number of aromatic nitrogens is 1. The van der Waals surface area contributed by atoms with Crippen LogP contribution in [0.25, 0.3) is 0 Å². The normalized spacial score (nSPS) is 21.5. The Bertz CT molecular complexity index is 354. The number of nitrogens with two attached hydrogens (primary N) is 1. The number of carbonyl (C=O) groups excluding carboxylic acids is 1. The number of hydrogen-bond donors (Lipinski definition) is 1. The van der Waals surface area contributed by atoms with E-state index >= 15 is 0 Å². The van der Waals surface area contributed by atoms with Gasteiger partial charge in [0.2, 0.25) is 5.91 Å². The molecule has 1 saturated heterocycles. The van der Waals surface area contributed by atoms with Crippen molar-refractivity contribution in [2.24, 2.45) is 5.73 Å². The number of amides is 1. The number of carbonyl (C=O) groups is 1. The summed E-state index contributed by atoms with van der Waals surface area (Å²) in [5.74, 6) is -0.283. The van der Waals surface area contributed by atoms with Crippen molar-refractivity contribution < 1.29 is 4.79 Å². The lowest BCUT2D eigenvalue weighted by atomic mass is 10.2. The van der Waals surface area contributed by atoms with Gasteiger partial charge in [0.1, 0.15) is 11.2 Å². The van der Waals surface area contributed by atoms with Gasteiger partial charge in [0.05, 0.1) is 0 Å². The van der Waals surface area contributed by atoms with Crippen LogP contribution in [0.5, 0.6) is 0 Å². The van der Waals surface area contributed by atoms with Crippen LogP contribution in [-0.4, -0.2) is 23.5 Å². The second-order valence-corrected chi connectivity index (χ2v) is 4.43. The molecule has 14 heavy (non-hydrogen) atoms. The van der Waals surface area contributed by atoms with Gasteiger partial charge in [-0.15, -0.1) is 11.3 Å². The lowest BCUT2D eigenvalue weighted by Crippen LogP contribution is -2.40. The Labute approximate surface area is 90.7 Å². The molecule has 1 fully saturated rings. The quantitative estimate of drug-likeness (QED) is 0.834. The number of rotatable bonds is 2. The third-order valence-electron chi connectivity index (χ3n) is 2.29. The van der Waals surface area contributed by atoms with Crippen LogP contribution in [0.4, 0.5) is 5.13 Å². The number of anilines is 1. The third-order valence-corrected chi connectivity index (χ3v) is 3.49. The molecule has 1 atom stereocenters. The first-order chi connectivity index (χ1) is 6.68. The van der Waals surface area contributed by atoms with Crippen molar-refractivity contribution >= 4 is 34.0 Å². The Hall–Kier alpha value is -0.810. The van der Waals surface area contributed by atoms with E-state index in [0.29, 0.717) is 5.15 Å². The molecule has 2 N–H and O–H groups in total. The topological polar surface area (TPSA) is 59.2 Å². The van der Waals surface area contributed by atoms with E-state index in [1.807, 2.05) is 4.90 Å². The molecule has 0 bridgehead atoms. The Balaban J connectivity index is 2.21. The molecule has 0 saturated carbocycles. The molecule has 0 aliphatic carbocycles. The lowest BCUT2D eigenvalue weighted by Gasteiger charge is -2.20. The summed E-state index contributed by atoms with van der Waals surface area (Å²) in [5.41, 5.74) is 5.30. The molecule has 2 rings (SSSR count). The zero-order chi connectivity index (χ0) is 10.1. The van der Waals surface area contributed by atoms with Crippen LogP contribution in [0.3, 0.4) is 0 Å². The van der Waals surface area contributed by atoms with Crippen LogP contribution in [0.1, 0.15) is 12.8 Å². The van der Waals surface area contributed by atoms with Crippen molar-refractivity contribution in [2.45, 2.75) is 18.9 Å². The molecule has 4 nitrogen and oxygen atoms in total. The molecule has 1 aromatic heterocycles. The summed E-state index contributed by atoms with van der Waals surface area (Å²) in [4.78, 5) is 17.2. The Morgan fingerprint density at radius 2 is 2.57 bits per heavy atom. The molecule has 0 radical (unpaired) electrons. The molecule has 0 aromatic carbocycles.